The minimum Gasteiger partial charge on any atom is -0.480 e. The highest BCUT2D eigenvalue weighted by atomic mass is 32.1. The Morgan fingerprint density at radius 3 is 2.28 bits per heavy atom. The summed E-state index contributed by atoms with van der Waals surface area (Å²) in [6.07, 6.45) is 0. The molecule has 0 fully saturated rings. The maximum atomic E-state index is 12.5. The third-order valence-corrected chi connectivity index (χ3v) is 4.22. The molecule has 0 aromatic heterocycles. The highest BCUT2D eigenvalue weighted by Gasteiger charge is 2.48. The van der Waals surface area contributed by atoms with Gasteiger partial charge in [0.15, 0.2) is 11.3 Å². The first-order valence-corrected chi connectivity index (χ1v) is 8.26. The van der Waals surface area contributed by atoms with E-state index in [1.165, 1.54) is 13.8 Å². The fourth-order valence-corrected chi connectivity index (χ4v) is 2.44. The number of carbonyl (C=O) groups is 3. The molecule has 138 valence electrons. The molecule has 5 N–H and O–H groups in total. The van der Waals surface area contributed by atoms with Crippen molar-refractivity contribution in [2.24, 2.45) is 11.7 Å². The number of benzene rings is 1. The van der Waals surface area contributed by atoms with Crippen molar-refractivity contribution in [3.8, 4) is 0 Å². The van der Waals surface area contributed by atoms with Gasteiger partial charge in [-0.15, -0.1) is 0 Å². The van der Waals surface area contributed by atoms with Crippen LogP contribution in [-0.2, 0) is 14.4 Å². The lowest BCUT2D eigenvalue weighted by Gasteiger charge is -2.31. The number of Topliss-reactive ketones (excluding diaryl/α,β-unsaturated/α-hetero) is 1. The average Bonchev–Trinajstić information content (AvgIpc) is 2.58. The lowest BCUT2D eigenvalue weighted by molar-refractivity contribution is -0.151. The van der Waals surface area contributed by atoms with E-state index in [1.807, 2.05) is 0 Å². The highest BCUT2D eigenvalue weighted by molar-refractivity contribution is 7.80. The number of hydrogen-bond acceptors (Lipinski definition) is 7. The summed E-state index contributed by atoms with van der Waals surface area (Å²) in [5.41, 5.74) is 4.03. The van der Waals surface area contributed by atoms with Gasteiger partial charge in [0.1, 0.15) is 6.54 Å². The van der Waals surface area contributed by atoms with Crippen LogP contribution in [0.2, 0.25) is 0 Å². The van der Waals surface area contributed by atoms with Crippen LogP contribution in [0.15, 0.2) is 30.3 Å². The van der Waals surface area contributed by atoms with Crippen LogP contribution in [0, 0.1) is 5.92 Å². The average molecular weight is 369 g/mol. The van der Waals surface area contributed by atoms with E-state index in [0.717, 1.165) is 0 Å². The second kappa shape index (κ2) is 8.84. The number of nitrogens with zero attached hydrogens (tertiary/aromatic N) is 1. The van der Waals surface area contributed by atoms with Gasteiger partial charge in [-0.3, -0.25) is 14.8 Å². The number of thiol groups is 1. The molecule has 9 heteroatoms. The van der Waals surface area contributed by atoms with Crippen molar-refractivity contribution in [3.63, 3.8) is 0 Å². The molecule has 25 heavy (non-hydrogen) atoms. The lowest BCUT2D eigenvalue weighted by Crippen LogP contribution is -2.65. The van der Waals surface area contributed by atoms with Crippen LogP contribution < -0.4 is 16.1 Å². The number of nitrogens with one attached hydrogen (secondary N) is 1. The van der Waals surface area contributed by atoms with Crippen molar-refractivity contribution in [2.75, 3.05) is 17.4 Å². The Bertz CT molecular complexity index is 625. The maximum absolute atomic E-state index is 12.5. The Morgan fingerprint density at radius 1 is 1.28 bits per heavy atom. The van der Waals surface area contributed by atoms with Gasteiger partial charge in [0, 0.05) is 5.75 Å². The maximum Gasteiger partial charge on any atom is 0.331 e. The molecule has 0 heterocycles. The minimum absolute atomic E-state index is 0.125. The van der Waals surface area contributed by atoms with Crippen molar-refractivity contribution < 1.29 is 24.7 Å². The van der Waals surface area contributed by atoms with Crippen LogP contribution in [0.25, 0.3) is 0 Å². The Hall–Kier alpha value is -2.10. The highest BCUT2D eigenvalue weighted by Crippen LogP contribution is 2.18. The quantitative estimate of drug-likeness (QED) is 0.240. The first kappa shape index (κ1) is 20.9. The molecule has 0 saturated heterocycles. The number of amides is 1. The third kappa shape index (κ3) is 4.94. The zero-order chi connectivity index (χ0) is 19.2. The Balaban J connectivity index is 2.82. The summed E-state index contributed by atoms with van der Waals surface area (Å²) in [5, 5.41) is 22.3. The van der Waals surface area contributed by atoms with Gasteiger partial charge in [-0.2, -0.15) is 12.6 Å². The fourth-order valence-electron chi connectivity index (χ4n) is 2.19. The molecule has 8 nitrogen and oxygen atoms in total. The topological polar surface area (TPSA) is 133 Å². The summed E-state index contributed by atoms with van der Waals surface area (Å²) >= 11 is 4.00. The zero-order valence-corrected chi connectivity index (χ0v) is 14.9. The van der Waals surface area contributed by atoms with Crippen LogP contribution in [0.3, 0.4) is 0 Å². The van der Waals surface area contributed by atoms with Crippen molar-refractivity contribution in [3.05, 3.63) is 30.3 Å². The SMILES string of the molecule is CC(C)C(N)(C(=O)O)C(=O)C(CS)NC(=O)CN(O)c1ccccc1. The van der Waals surface area contributed by atoms with Crippen molar-refractivity contribution in [1.29, 1.82) is 0 Å². The number of carboxylic acids is 1. The predicted octanol–water partition coefficient (Wildman–Crippen LogP) is 0.304. The Kier molecular flexibility index (Phi) is 7.40. The van der Waals surface area contributed by atoms with E-state index in [9.17, 15) is 24.7 Å². The summed E-state index contributed by atoms with van der Waals surface area (Å²) in [6, 6.07) is 7.14. The molecule has 0 saturated carbocycles. The van der Waals surface area contributed by atoms with Gasteiger partial charge in [-0.1, -0.05) is 32.0 Å². The summed E-state index contributed by atoms with van der Waals surface area (Å²) in [7, 11) is 0. The number of nitrogens with two attached hydrogens (primary N) is 1. The molecular weight excluding hydrogens is 346 g/mol. The van der Waals surface area contributed by atoms with E-state index in [0.29, 0.717) is 10.8 Å². The van der Waals surface area contributed by atoms with Gasteiger partial charge < -0.3 is 16.2 Å². The Morgan fingerprint density at radius 2 is 1.84 bits per heavy atom. The second-order valence-electron chi connectivity index (χ2n) is 5.89. The second-order valence-corrected chi connectivity index (χ2v) is 6.25. The number of ketones is 1. The Labute approximate surface area is 151 Å². The van der Waals surface area contributed by atoms with Gasteiger partial charge in [0.25, 0.3) is 0 Å². The van der Waals surface area contributed by atoms with Gasteiger partial charge in [-0.25, -0.2) is 9.86 Å². The molecule has 0 aliphatic heterocycles. The first-order chi connectivity index (χ1) is 11.6. The molecule has 0 radical (unpaired) electrons. The van der Waals surface area contributed by atoms with E-state index in [1.54, 1.807) is 30.3 Å². The number of carbonyl (C=O) groups excluding carboxylic acids is 2. The molecule has 2 unspecified atom stereocenters. The molecule has 0 spiro atoms. The molecule has 0 aliphatic rings. The third-order valence-electron chi connectivity index (χ3n) is 3.85. The van der Waals surface area contributed by atoms with E-state index in [4.69, 9.17) is 5.73 Å². The first-order valence-electron chi connectivity index (χ1n) is 7.62. The predicted molar refractivity (Wildman–Crippen MR) is 95.8 cm³/mol. The molecule has 2 atom stereocenters. The molecule has 1 amide bonds. The van der Waals surface area contributed by atoms with Gasteiger partial charge in [0.05, 0.1) is 11.7 Å². The standard InChI is InChI=1S/C16H23N3O5S/c1-10(2)16(17,15(22)23)14(21)12(9-25)18-13(20)8-19(24)11-6-4-3-5-7-11/h3-7,10,12,24-25H,8-9,17H2,1-2H3,(H,18,20)(H,22,23). The molecule has 1 rings (SSSR count). The summed E-state index contributed by atoms with van der Waals surface area (Å²) < 4.78 is 0. The van der Waals surface area contributed by atoms with Crippen LogP contribution in [-0.4, -0.2) is 51.9 Å². The number of aliphatic carboxylic acids is 1. The van der Waals surface area contributed by atoms with E-state index in [-0.39, 0.29) is 5.75 Å². The van der Waals surface area contributed by atoms with Crippen LogP contribution in [0.1, 0.15) is 13.8 Å². The van der Waals surface area contributed by atoms with Crippen molar-refractivity contribution in [2.45, 2.75) is 25.4 Å². The minimum atomic E-state index is -2.14. The van der Waals surface area contributed by atoms with Gasteiger partial charge in [-0.05, 0) is 18.1 Å². The van der Waals surface area contributed by atoms with Crippen LogP contribution in [0.5, 0.6) is 0 Å². The zero-order valence-electron chi connectivity index (χ0n) is 14.0. The smallest absolute Gasteiger partial charge is 0.331 e. The van der Waals surface area contributed by atoms with Gasteiger partial charge >= 0.3 is 5.97 Å². The van der Waals surface area contributed by atoms with Crippen molar-refractivity contribution in [1.82, 2.24) is 5.32 Å². The normalized spacial score (nSPS) is 14.5. The number of para-hydroxylation sites is 1. The molecular formula is C16H23N3O5S. The number of carboxylic acid groups (broad SMARTS) is 1. The number of rotatable bonds is 9. The summed E-state index contributed by atoms with van der Waals surface area (Å²) in [5.74, 6) is -3.80. The van der Waals surface area contributed by atoms with E-state index < -0.39 is 41.7 Å². The number of anilines is 1. The molecule has 1 aromatic carbocycles. The summed E-state index contributed by atoms with van der Waals surface area (Å²) in [6.45, 7) is 2.58. The number of hydrogen-bond donors (Lipinski definition) is 5. The molecule has 0 bridgehead atoms. The van der Waals surface area contributed by atoms with Crippen molar-refractivity contribution >= 4 is 36.0 Å². The van der Waals surface area contributed by atoms with Gasteiger partial charge in [0.2, 0.25) is 5.91 Å². The lowest BCUT2D eigenvalue weighted by atomic mass is 9.80. The molecule has 0 aliphatic carbocycles. The van der Waals surface area contributed by atoms with Crippen LogP contribution >= 0.6 is 12.6 Å². The fraction of sp³-hybridized carbons (Fsp3) is 0.438. The van der Waals surface area contributed by atoms with E-state index >= 15 is 0 Å². The number of hydroxylamine groups is 1. The molecule has 1 aromatic rings. The van der Waals surface area contributed by atoms with Crippen LogP contribution in [0.4, 0.5) is 5.69 Å². The summed E-state index contributed by atoms with van der Waals surface area (Å²) in [4.78, 5) is 36.0. The van der Waals surface area contributed by atoms with E-state index in [2.05, 4.69) is 17.9 Å². The monoisotopic (exact) mass is 369 g/mol. The largest absolute Gasteiger partial charge is 0.480 e.